The molecular formula is C17H13BrN2O. The molecule has 3 rings (SSSR count). The number of aromatic nitrogens is 2. The van der Waals surface area contributed by atoms with Crippen LogP contribution in [0.15, 0.2) is 59.2 Å². The van der Waals surface area contributed by atoms with Crippen molar-refractivity contribution < 1.29 is 4.79 Å². The number of benzene rings is 2. The van der Waals surface area contributed by atoms with E-state index in [-0.39, 0.29) is 0 Å². The first-order valence-corrected chi connectivity index (χ1v) is 7.35. The van der Waals surface area contributed by atoms with Crippen molar-refractivity contribution in [3.63, 3.8) is 0 Å². The number of nitrogens with zero attached hydrogens (tertiary/aromatic N) is 2. The maximum absolute atomic E-state index is 11.4. The Labute approximate surface area is 131 Å². The molecule has 0 saturated carbocycles. The molecule has 0 radical (unpaired) electrons. The van der Waals surface area contributed by atoms with Gasteiger partial charge in [-0.15, -0.1) is 0 Å². The first kappa shape index (κ1) is 13.8. The Morgan fingerprint density at radius 1 is 1.14 bits per heavy atom. The van der Waals surface area contributed by atoms with E-state index in [1.165, 1.54) is 0 Å². The summed E-state index contributed by atoms with van der Waals surface area (Å²) in [7, 11) is 0. The minimum atomic E-state index is 0.587. The summed E-state index contributed by atoms with van der Waals surface area (Å²) in [4.78, 5) is 11.4. The van der Waals surface area contributed by atoms with Crippen LogP contribution in [0.3, 0.4) is 0 Å². The van der Waals surface area contributed by atoms with Crippen molar-refractivity contribution in [2.24, 2.45) is 0 Å². The minimum absolute atomic E-state index is 0.587. The molecule has 0 N–H and O–H groups in total. The van der Waals surface area contributed by atoms with Gasteiger partial charge in [-0.05, 0) is 30.7 Å². The highest BCUT2D eigenvalue weighted by molar-refractivity contribution is 9.10. The monoisotopic (exact) mass is 340 g/mol. The van der Waals surface area contributed by atoms with Gasteiger partial charge in [0, 0.05) is 16.2 Å². The summed E-state index contributed by atoms with van der Waals surface area (Å²) in [5.41, 5.74) is 4.29. The van der Waals surface area contributed by atoms with Gasteiger partial charge in [0.25, 0.3) is 0 Å². The van der Waals surface area contributed by atoms with Gasteiger partial charge in [0.05, 0.1) is 11.3 Å². The Hall–Kier alpha value is -2.20. The highest BCUT2D eigenvalue weighted by Crippen LogP contribution is 2.26. The van der Waals surface area contributed by atoms with Gasteiger partial charge in [-0.2, -0.15) is 5.10 Å². The van der Waals surface area contributed by atoms with Crippen molar-refractivity contribution in [3.8, 4) is 16.9 Å². The molecule has 0 spiro atoms. The summed E-state index contributed by atoms with van der Waals surface area (Å²) in [6, 6.07) is 15.7. The summed E-state index contributed by atoms with van der Waals surface area (Å²) >= 11 is 3.45. The summed E-state index contributed by atoms with van der Waals surface area (Å²) in [5, 5.41) is 4.59. The third-order valence-electron chi connectivity index (χ3n) is 3.34. The van der Waals surface area contributed by atoms with Crippen LogP contribution < -0.4 is 0 Å². The molecule has 0 unspecified atom stereocenters. The first-order valence-electron chi connectivity index (χ1n) is 6.56. The topological polar surface area (TPSA) is 34.9 Å². The SMILES string of the molecule is Cc1ccccc1-c1nn(-c2cccc(Br)c2)cc1C=O. The number of halogens is 1. The maximum Gasteiger partial charge on any atom is 0.153 e. The molecule has 3 nitrogen and oxygen atoms in total. The number of carbonyl (C=O) groups excluding carboxylic acids is 1. The van der Waals surface area contributed by atoms with Crippen molar-refractivity contribution in [2.45, 2.75) is 6.92 Å². The third kappa shape index (κ3) is 2.67. The fraction of sp³-hybridized carbons (Fsp3) is 0.0588. The Kier molecular flexibility index (Phi) is 3.71. The zero-order valence-corrected chi connectivity index (χ0v) is 13.0. The second-order valence-corrected chi connectivity index (χ2v) is 5.71. The lowest BCUT2D eigenvalue weighted by molar-refractivity contribution is 0.112. The van der Waals surface area contributed by atoms with Crippen LogP contribution in [-0.4, -0.2) is 16.1 Å². The molecule has 3 aromatic rings. The lowest BCUT2D eigenvalue weighted by Gasteiger charge is -2.03. The summed E-state index contributed by atoms with van der Waals surface area (Å²) < 4.78 is 2.71. The molecule has 21 heavy (non-hydrogen) atoms. The van der Waals surface area contributed by atoms with E-state index in [9.17, 15) is 4.79 Å². The van der Waals surface area contributed by atoms with Crippen LogP contribution in [0.2, 0.25) is 0 Å². The minimum Gasteiger partial charge on any atom is -0.298 e. The first-order chi connectivity index (χ1) is 10.2. The smallest absolute Gasteiger partial charge is 0.153 e. The molecule has 0 aliphatic carbocycles. The normalized spacial score (nSPS) is 10.6. The zero-order valence-electron chi connectivity index (χ0n) is 11.5. The van der Waals surface area contributed by atoms with E-state index in [2.05, 4.69) is 21.0 Å². The van der Waals surface area contributed by atoms with Crippen molar-refractivity contribution in [1.29, 1.82) is 0 Å². The van der Waals surface area contributed by atoms with Gasteiger partial charge in [-0.1, -0.05) is 46.3 Å². The van der Waals surface area contributed by atoms with Gasteiger partial charge < -0.3 is 0 Å². The highest BCUT2D eigenvalue weighted by atomic mass is 79.9. The molecule has 2 aromatic carbocycles. The summed E-state index contributed by atoms with van der Waals surface area (Å²) in [5.74, 6) is 0. The average Bonchev–Trinajstić information content (AvgIpc) is 2.92. The van der Waals surface area contributed by atoms with Crippen LogP contribution in [0.25, 0.3) is 16.9 Å². The predicted molar refractivity (Wildman–Crippen MR) is 86.8 cm³/mol. The van der Waals surface area contributed by atoms with E-state index in [0.717, 1.165) is 27.6 Å². The van der Waals surface area contributed by atoms with Crippen LogP contribution in [-0.2, 0) is 0 Å². The van der Waals surface area contributed by atoms with E-state index in [1.807, 2.05) is 55.5 Å². The number of hydrogen-bond acceptors (Lipinski definition) is 2. The van der Waals surface area contributed by atoms with E-state index < -0.39 is 0 Å². The lowest BCUT2D eigenvalue weighted by Crippen LogP contribution is -1.95. The van der Waals surface area contributed by atoms with E-state index >= 15 is 0 Å². The second-order valence-electron chi connectivity index (χ2n) is 4.79. The van der Waals surface area contributed by atoms with Crippen LogP contribution in [0, 0.1) is 6.92 Å². The Morgan fingerprint density at radius 3 is 2.67 bits per heavy atom. The molecule has 0 atom stereocenters. The molecule has 0 aliphatic heterocycles. The summed E-state index contributed by atoms with van der Waals surface area (Å²) in [6.07, 6.45) is 2.61. The van der Waals surface area contributed by atoms with Crippen molar-refractivity contribution in [1.82, 2.24) is 9.78 Å². The fourth-order valence-electron chi connectivity index (χ4n) is 2.27. The van der Waals surface area contributed by atoms with Gasteiger partial charge in [0.1, 0.15) is 5.69 Å². The van der Waals surface area contributed by atoms with Crippen LogP contribution in [0.5, 0.6) is 0 Å². The van der Waals surface area contributed by atoms with Gasteiger partial charge in [-0.3, -0.25) is 4.79 Å². The number of carbonyl (C=O) groups is 1. The molecule has 0 fully saturated rings. The molecule has 104 valence electrons. The van der Waals surface area contributed by atoms with E-state index in [4.69, 9.17) is 0 Å². The van der Waals surface area contributed by atoms with Crippen molar-refractivity contribution in [2.75, 3.05) is 0 Å². The second kappa shape index (κ2) is 5.66. The van der Waals surface area contributed by atoms with Crippen LogP contribution in [0.4, 0.5) is 0 Å². The number of rotatable bonds is 3. The number of aldehydes is 1. The van der Waals surface area contributed by atoms with Gasteiger partial charge in [0.2, 0.25) is 0 Å². The molecule has 1 heterocycles. The van der Waals surface area contributed by atoms with Crippen LogP contribution in [0.1, 0.15) is 15.9 Å². The average molecular weight is 341 g/mol. The standard InChI is InChI=1S/C17H13BrN2O/c1-12-5-2-3-8-16(12)17-13(11-21)10-20(19-17)15-7-4-6-14(18)9-15/h2-11H,1H3. The zero-order chi connectivity index (χ0) is 14.8. The van der Waals surface area contributed by atoms with Crippen molar-refractivity contribution in [3.05, 3.63) is 70.3 Å². The van der Waals surface area contributed by atoms with Crippen LogP contribution >= 0.6 is 15.9 Å². The fourth-order valence-corrected chi connectivity index (χ4v) is 2.66. The summed E-state index contributed by atoms with van der Waals surface area (Å²) in [6.45, 7) is 2.02. The quantitative estimate of drug-likeness (QED) is 0.661. The van der Waals surface area contributed by atoms with E-state index in [1.54, 1.807) is 10.9 Å². The maximum atomic E-state index is 11.4. The largest absolute Gasteiger partial charge is 0.298 e. The predicted octanol–water partition coefficient (Wildman–Crippen LogP) is 4.42. The van der Waals surface area contributed by atoms with Crippen molar-refractivity contribution >= 4 is 22.2 Å². The number of aryl methyl sites for hydroxylation is 1. The van der Waals surface area contributed by atoms with Gasteiger partial charge >= 0.3 is 0 Å². The highest BCUT2D eigenvalue weighted by Gasteiger charge is 2.13. The molecule has 0 amide bonds. The Balaban J connectivity index is 2.15. The Bertz CT molecular complexity index is 808. The molecule has 4 heteroatoms. The molecule has 0 aliphatic rings. The molecule has 0 bridgehead atoms. The third-order valence-corrected chi connectivity index (χ3v) is 3.84. The Morgan fingerprint density at radius 2 is 1.95 bits per heavy atom. The molecular weight excluding hydrogens is 328 g/mol. The molecule has 1 aromatic heterocycles. The molecule has 0 saturated heterocycles. The van der Waals surface area contributed by atoms with Gasteiger partial charge in [-0.25, -0.2) is 4.68 Å². The number of hydrogen-bond donors (Lipinski definition) is 0. The van der Waals surface area contributed by atoms with E-state index in [0.29, 0.717) is 11.3 Å². The van der Waals surface area contributed by atoms with Gasteiger partial charge in [0.15, 0.2) is 6.29 Å². The lowest BCUT2D eigenvalue weighted by atomic mass is 10.0.